The highest BCUT2D eigenvalue weighted by atomic mass is 32.2. The van der Waals surface area contributed by atoms with Crippen molar-refractivity contribution in [1.82, 2.24) is 9.62 Å². The molecule has 0 aromatic heterocycles. The van der Waals surface area contributed by atoms with Gasteiger partial charge in [-0.1, -0.05) is 13.3 Å². The molecular formula is C13H19N3O4S. The van der Waals surface area contributed by atoms with Crippen molar-refractivity contribution >= 4 is 15.7 Å². The number of nitro benzene ring substituents is 1. The monoisotopic (exact) mass is 313 g/mol. The molecule has 1 heterocycles. The van der Waals surface area contributed by atoms with Crippen molar-refractivity contribution in [3.8, 4) is 0 Å². The van der Waals surface area contributed by atoms with Crippen LogP contribution in [0.1, 0.15) is 19.8 Å². The number of rotatable bonds is 5. The Morgan fingerprint density at radius 3 is 2.62 bits per heavy atom. The number of piperazine rings is 1. The third-order valence-electron chi connectivity index (χ3n) is 3.57. The highest BCUT2D eigenvalue weighted by Gasteiger charge is 2.33. The molecule has 1 unspecified atom stereocenters. The molecule has 2 rings (SSSR count). The average molecular weight is 313 g/mol. The molecule has 1 aromatic rings. The van der Waals surface area contributed by atoms with Crippen LogP contribution in [-0.4, -0.2) is 43.3 Å². The van der Waals surface area contributed by atoms with Crippen molar-refractivity contribution in [1.29, 1.82) is 0 Å². The van der Waals surface area contributed by atoms with Gasteiger partial charge in [-0.05, 0) is 18.6 Å². The van der Waals surface area contributed by atoms with Crippen molar-refractivity contribution in [2.45, 2.75) is 30.7 Å². The standard InChI is InChI=1S/C13H19N3O4S/c1-2-3-12-10-14-8-9-15(12)21(19,20)13-6-4-11(5-7-13)16(17)18/h4-7,12,14H,2-3,8-10H2,1H3. The van der Waals surface area contributed by atoms with Gasteiger partial charge in [0.25, 0.3) is 5.69 Å². The molecule has 21 heavy (non-hydrogen) atoms. The van der Waals surface area contributed by atoms with Crippen LogP contribution in [0.25, 0.3) is 0 Å². The molecule has 1 aromatic carbocycles. The summed E-state index contributed by atoms with van der Waals surface area (Å²) in [6.07, 6.45) is 1.69. The zero-order valence-electron chi connectivity index (χ0n) is 11.9. The summed E-state index contributed by atoms with van der Waals surface area (Å²) in [5, 5.41) is 13.8. The number of hydrogen-bond donors (Lipinski definition) is 1. The van der Waals surface area contributed by atoms with Crippen molar-refractivity contribution in [2.24, 2.45) is 0 Å². The molecule has 1 aliphatic heterocycles. The lowest BCUT2D eigenvalue weighted by Gasteiger charge is -2.35. The molecule has 0 aliphatic carbocycles. The van der Waals surface area contributed by atoms with Gasteiger partial charge in [0.1, 0.15) is 0 Å². The Labute approximate surface area is 124 Å². The molecule has 1 atom stereocenters. The van der Waals surface area contributed by atoms with Gasteiger partial charge >= 0.3 is 0 Å². The van der Waals surface area contributed by atoms with E-state index in [4.69, 9.17) is 0 Å². The van der Waals surface area contributed by atoms with Gasteiger partial charge in [-0.3, -0.25) is 10.1 Å². The lowest BCUT2D eigenvalue weighted by atomic mass is 10.1. The quantitative estimate of drug-likeness (QED) is 0.654. The van der Waals surface area contributed by atoms with Crippen LogP contribution in [-0.2, 0) is 10.0 Å². The molecule has 0 bridgehead atoms. The van der Waals surface area contributed by atoms with Crippen LogP contribution in [0.4, 0.5) is 5.69 Å². The van der Waals surface area contributed by atoms with Gasteiger partial charge in [-0.15, -0.1) is 0 Å². The average Bonchev–Trinajstić information content (AvgIpc) is 2.48. The maximum Gasteiger partial charge on any atom is 0.269 e. The Balaban J connectivity index is 2.28. The van der Waals surface area contributed by atoms with E-state index in [1.807, 2.05) is 6.92 Å². The second-order valence-corrected chi connectivity index (χ2v) is 6.90. The van der Waals surface area contributed by atoms with E-state index < -0.39 is 14.9 Å². The van der Waals surface area contributed by atoms with Crippen LogP contribution < -0.4 is 5.32 Å². The highest BCUT2D eigenvalue weighted by molar-refractivity contribution is 7.89. The molecule has 8 heteroatoms. The normalized spacial score (nSPS) is 20.3. The Bertz CT molecular complexity index is 598. The van der Waals surface area contributed by atoms with E-state index in [0.717, 1.165) is 12.8 Å². The molecule has 1 aliphatic rings. The first-order valence-corrected chi connectivity index (χ1v) is 8.38. The van der Waals surface area contributed by atoms with Gasteiger partial charge in [-0.2, -0.15) is 4.31 Å². The third-order valence-corrected chi connectivity index (χ3v) is 5.54. The molecule has 1 N–H and O–H groups in total. The minimum Gasteiger partial charge on any atom is -0.314 e. The van der Waals surface area contributed by atoms with Crippen molar-refractivity contribution in [3.63, 3.8) is 0 Å². The largest absolute Gasteiger partial charge is 0.314 e. The summed E-state index contributed by atoms with van der Waals surface area (Å²) in [6, 6.07) is 4.99. The molecule has 1 saturated heterocycles. The van der Waals surface area contributed by atoms with E-state index in [1.54, 1.807) is 0 Å². The maximum atomic E-state index is 12.7. The van der Waals surface area contributed by atoms with Gasteiger partial charge in [0.05, 0.1) is 9.82 Å². The highest BCUT2D eigenvalue weighted by Crippen LogP contribution is 2.23. The van der Waals surface area contributed by atoms with Crippen molar-refractivity contribution in [2.75, 3.05) is 19.6 Å². The van der Waals surface area contributed by atoms with Crippen LogP contribution in [0.3, 0.4) is 0 Å². The van der Waals surface area contributed by atoms with Crippen LogP contribution >= 0.6 is 0 Å². The number of nitrogens with one attached hydrogen (secondary N) is 1. The van der Waals surface area contributed by atoms with Crippen LogP contribution in [0.2, 0.25) is 0 Å². The number of benzene rings is 1. The topological polar surface area (TPSA) is 92.6 Å². The Morgan fingerprint density at radius 2 is 2.05 bits per heavy atom. The molecule has 0 saturated carbocycles. The summed E-state index contributed by atoms with van der Waals surface area (Å²) in [5.74, 6) is 0. The number of sulfonamides is 1. The molecule has 7 nitrogen and oxygen atoms in total. The predicted molar refractivity (Wildman–Crippen MR) is 78.6 cm³/mol. The first-order chi connectivity index (χ1) is 9.96. The number of hydrogen-bond acceptors (Lipinski definition) is 5. The minimum absolute atomic E-state index is 0.0658. The first kappa shape index (κ1) is 15.9. The van der Waals surface area contributed by atoms with Gasteiger partial charge < -0.3 is 5.32 Å². The zero-order chi connectivity index (χ0) is 15.5. The number of nitro groups is 1. The molecule has 116 valence electrons. The predicted octanol–water partition coefficient (Wildman–Crippen LogP) is 1.36. The van der Waals surface area contributed by atoms with Crippen LogP contribution in [0.5, 0.6) is 0 Å². The number of nitrogens with zero attached hydrogens (tertiary/aromatic N) is 2. The first-order valence-electron chi connectivity index (χ1n) is 6.94. The Hall–Kier alpha value is -1.51. The summed E-state index contributed by atoms with van der Waals surface area (Å²) in [4.78, 5) is 10.2. The number of non-ortho nitro benzene ring substituents is 1. The van der Waals surface area contributed by atoms with Gasteiger partial charge in [-0.25, -0.2) is 8.42 Å². The van der Waals surface area contributed by atoms with E-state index in [1.165, 1.54) is 28.6 Å². The Morgan fingerprint density at radius 1 is 1.38 bits per heavy atom. The fourth-order valence-electron chi connectivity index (χ4n) is 2.51. The fraction of sp³-hybridized carbons (Fsp3) is 0.538. The summed E-state index contributed by atoms with van der Waals surface area (Å²) in [6.45, 7) is 3.70. The van der Waals surface area contributed by atoms with Crippen molar-refractivity contribution < 1.29 is 13.3 Å². The SMILES string of the molecule is CCCC1CNCCN1S(=O)(=O)c1ccc([N+](=O)[O-])cc1. The minimum atomic E-state index is -3.61. The van der Waals surface area contributed by atoms with E-state index in [0.29, 0.717) is 19.6 Å². The molecular weight excluding hydrogens is 294 g/mol. The van der Waals surface area contributed by atoms with E-state index in [-0.39, 0.29) is 16.6 Å². The smallest absolute Gasteiger partial charge is 0.269 e. The van der Waals surface area contributed by atoms with Crippen molar-refractivity contribution in [3.05, 3.63) is 34.4 Å². The van der Waals surface area contributed by atoms with E-state index in [9.17, 15) is 18.5 Å². The van der Waals surface area contributed by atoms with Gasteiger partial charge in [0.15, 0.2) is 0 Å². The van der Waals surface area contributed by atoms with E-state index >= 15 is 0 Å². The maximum absolute atomic E-state index is 12.7. The van der Waals surface area contributed by atoms with Gasteiger partial charge in [0, 0.05) is 37.8 Å². The molecule has 0 radical (unpaired) electrons. The molecule has 0 spiro atoms. The van der Waals surface area contributed by atoms with E-state index in [2.05, 4.69) is 5.32 Å². The zero-order valence-corrected chi connectivity index (χ0v) is 12.7. The third kappa shape index (κ3) is 3.39. The second kappa shape index (κ2) is 6.50. The fourth-order valence-corrected chi connectivity index (χ4v) is 4.17. The molecule has 1 fully saturated rings. The summed E-state index contributed by atoms with van der Waals surface area (Å²) in [5.41, 5.74) is -0.112. The summed E-state index contributed by atoms with van der Waals surface area (Å²) < 4.78 is 26.9. The molecule has 0 amide bonds. The lowest BCUT2D eigenvalue weighted by Crippen LogP contribution is -2.53. The van der Waals surface area contributed by atoms with Crippen LogP contribution in [0.15, 0.2) is 29.2 Å². The van der Waals surface area contributed by atoms with Gasteiger partial charge in [0.2, 0.25) is 10.0 Å². The lowest BCUT2D eigenvalue weighted by molar-refractivity contribution is -0.384. The van der Waals surface area contributed by atoms with Crippen LogP contribution in [0, 0.1) is 10.1 Å². The summed E-state index contributed by atoms with van der Waals surface area (Å²) >= 11 is 0. The Kier molecular flexibility index (Phi) is 4.92. The summed E-state index contributed by atoms with van der Waals surface area (Å²) in [7, 11) is -3.61. The second-order valence-electron chi connectivity index (χ2n) is 5.01.